The number of rotatable bonds is 7. The first-order valence-electron chi connectivity index (χ1n) is 9.90. The second-order valence-electron chi connectivity index (χ2n) is 7.71. The highest BCUT2D eigenvalue weighted by Crippen LogP contribution is 2.28. The maximum Gasteiger partial charge on any atom is 0.211 e. The van der Waals surface area contributed by atoms with Gasteiger partial charge in [0.1, 0.15) is 10.8 Å². The molecule has 1 N–H and O–H groups in total. The number of aryl methyl sites for hydroxylation is 1. The van der Waals surface area contributed by atoms with E-state index in [1.807, 2.05) is 51.5 Å². The van der Waals surface area contributed by atoms with Gasteiger partial charge in [-0.1, -0.05) is 25.2 Å². The Labute approximate surface area is 179 Å². The van der Waals surface area contributed by atoms with Crippen LogP contribution in [-0.4, -0.2) is 36.0 Å². The van der Waals surface area contributed by atoms with Crippen LogP contribution in [0.15, 0.2) is 30.6 Å². The highest BCUT2D eigenvalue weighted by atomic mass is 32.1. The van der Waals surface area contributed by atoms with Crippen LogP contribution in [0.5, 0.6) is 0 Å². The van der Waals surface area contributed by atoms with Crippen LogP contribution in [0.3, 0.4) is 0 Å². The number of nitrogens with one attached hydrogen (secondary N) is 1. The summed E-state index contributed by atoms with van der Waals surface area (Å²) in [6, 6.07) is 5.88. The highest BCUT2D eigenvalue weighted by molar-refractivity contribution is 7.15. The first-order valence-corrected chi connectivity index (χ1v) is 10.7. The molecular weight excluding hydrogens is 398 g/mol. The Morgan fingerprint density at radius 2 is 1.97 bits per heavy atom. The molecule has 0 radical (unpaired) electrons. The van der Waals surface area contributed by atoms with Gasteiger partial charge in [-0.05, 0) is 32.0 Å². The van der Waals surface area contributed by atoms with Crippen molar-refractivity contribution < 1.29 is 4.74 Å². The molecule has 0 aliphatic heterocycles. The summed E-state index contributed by atoms with van der Waals surface area (Å²) in [5.74, 6) is 1.06. The minimum atomic E-state index is 0.140. The van der Waals surface area contributed by atoms with Crippen LogP contribution >= 0.6 is 11.3 Å². The van der Waals surface area contributed by atoms with E-state index in [-0.39, 0.29) is 6.10 Å². The predicted octanol–water partition coefficient (Wildman–Crippen LogP) is 4.67. The second-order valence-corrected chi connectivity index (χ2v) is 8.72. The molecule has 0 fully saturated rings. The van der Waals surface area contributed by atoms with Crippen molar-refractivity contribution in [3.05, 3.63) is 41.3 Å². The topological polar surface area (TPSA) is 90.6 Å². The number of hydrogen-bond donors (Lipinski definition) is 1. The van der Waals surface area contributed by atoms with Gasteiger partial charge in [0.15, 0.2) is 0 Å². The van der Waals surface area contributed by atoms with Gasteiger partial charge in [0.05, 0.1) is 29.4 Å². The van der Waals surface area contributed by atoms with Crippen molar-refractivity contribution in [1.82, 2.24) is 29.9 Å². The molecule has 8 nitrogen and oxygen atoms in total. The second kappa shape index (κ2) is 8.45. The summed E-state index contributed by atoms with van der Waals surface area (Å²) in [6.45, 7) is 8.69. The number of nitrogens with zero attached hydrogens (tertiary/aromatic N) is 6. The van der Waals surface area contributed by atoms with Gasteiger partial charge in [-0.25, -0.2) is 4.98 Å². The minimum absolute atomic E-state index is 0.140. The molecule has 0 atom stereocenters. The van der Waals surface area contributed by atoms with E-state index in [1.54, 1.807) is 4.68 Å². The number of hydrogen-bond acceptors (Lipinski definition) is 8. The zero-order chi connectivity index (χ0) is 21.3. The lowest BCUT2D eigenvalue weighted by atomic mass is 10.1. The van der Waals surface area contributed by atoms with Gasteiger partial charge in [0, 0.05) is 36.5 Å². The smallest absolute Gasteiger partial charge is 0.211 e. The van der Waals surface area contributed by atoms with Crippen LogP contribution in [0.2, 0.25) is 0 Å². The Morgan fingerprint density at radius 1 is 1.13 bits per heavy atom. The molecule has 4 heterocycles. The SMILES string of the molecule is CC(C)OCc1nn(C)cc1-c1cnc2ccc(Nc3nnc(C(C)C)s3)nc2c1. The number of ether oxygens (including phenoxy) is 1. The van der Waals surface area contributed by atoms with E-state index in [0.29, 0.717) is 18.3 Å². The fraction of sp³-hybridized carbons (Fsp3) is 0.381. The van der Waals surface area contributed by atoms with Gasteiger partial charge >= 0.3 is 0 Å². The van der Waals surface area contributed by atoms with Gasteiger partial charge in [-0.3, -0.25) is 9.67 Å². The Bertz CT molecular complexity index is 1170. The molecule has 0 aliphatic rings. The Kier molecular flexibility index (Phi) is 5.74. The maximum absolute atomic E-state index is 5.76. The van der Waals surface area contributed by atoms with Crippen molar-refractivity contribution in [3.8, 4) is 11.1 Å². The van der Waals surface area contributed by atoms with Crippen molar-refractivity contribution in [3.63, 3.8) is 0 Å². The van der Waals surface area contributed by atoms with Gasteiger partial charge < -0.3 is 10.1 Å². The number of fused-ring (bicyclic) bond motifs is 1. The summed E-state index contributed by atoms with van der Waals surface area (Å²) in [5, 5.41) is 17.9. The van der Waals surface area contributed by atoms with Crippen LogP contribution < -0.4 is 5.32 Å². The molecule has 9 heteroatoms. The van der Waals surface area contributed by atoms with Crippen molar-refractivity contribution in [2.24, 2.45) is 7.05 Å². The quantitative estimate of drug-likeness (QED) is 0.462. The third-order valence-electron chi connectivity index (χ3n) is 4.48. The van der Waals surface area contributed by atoms with Gasteiger partial charge in [-0.2, -0.15) is 5.10 Å². The fourth-order valence-corrected chi connectivity index (χ4v) is 3.73. The van der Waals surface area contributed by atoms with Gasteiger partial charge in [0.2, 0.25) is 5.13 Å². The highest BCUT2D eigenvalue weighted by Gasteiger charge is 2.13. The molecule has 4 aromatic heterocycles. The van der Waals surface area contributed by atoms with Gasteiger partial charge in [0.25, 0.3) is 0 Å². The van der Waals surface area contributed by atoms with Crippen LogP contribution in [0.1, 0.15) is 44.3 Å². The lowest BCUT2D eigenvalue weighted by Crippen LogP contribution is -2.04. The van der Waals surface area contributed by atoms with Crippen LogP contribution in [0, 0.1) is 0 Å². The molecule has 0 unspecified atom stereocenters. The molecule has 30 heavy (non-hydrogen) atoms. The van der Waals surface area contributed by atoms with E-state index in [4.69, 9.17) is 9.72 Å². The number of anilines is 2. The van der Waals surface area contributed by atoms with E-state index in [1.165, 1.54) is 11.3 Å². The third kappa shape index (κ3) is 4.47. The standard InChI is InChI=1S/C21H25N7OS/c1-12(2)20-25-26-21(30-20)24-19-7-6-16-17(23-19)8-14(9-22-16)15-10-28(5)27-18(15)11-29-13(3)4/h6-10,12-13H,11H2,1-5H3,(H,23,24,26). The Hall–Kier alpha value is -2.91. The fourth-order valence-electron chi connectivity index (χ4n) is 2.98. The number of aromatic nitrogens is 6. The first kappa shape index (κ1) is 20.4. The molecule has 156 valence electrons. The molecule has 4 rings (SSSR count). The van der Waals surface area contributed by atoms with Crippen LogP contribution in [0.25, 0.3) is 22.2 Å². The minimum Gasteiger partial charge on any atom is -0.372 e. The van der Waals surface area contributed by atoms with E-state index in [9.17, 15) is 0 Å². The average Bonchev–Trinajstić information content (AvgIpc) is 3.32. The van der Waals surface area contributed by atoms with E-state index >= 15 is 0 Å². The molecule has 0 aliphatic carbocycles. The maximum atomic E-state index is 5.76. The Balaban J connectivity index is 1.63. The van der Waals surface area contributed by atoms with Crippen LogP contribution in [0.4, 0.5) is 10.9 Å². The van der Waals surface area contributed by atoms with Crippen molar-refractivity contribution in [2.45, 2.75) is 46.3 Å². The summed E-state index contributed by atoms with van der Waals surface area (Å²) < 4.78 is 7.56. The van der Waals surface area contributed by atoms with Crippen molar-refractivity contribution in [1.29, 1.82) is 0 Å². The molecule has 0 amide bonds. The van der Waals surface area contributed by atoms with E-state index in [0.717, 1.165) is 38.0 Å². The van der Waals surface area contributed by atoms with Crippen molar-refractivity contribution in [2.75, 3.05) is 5.32 Å². The number of pyridine rings is 2. The monoisotopic (exact) mass is 423 g/mol. The molecule has 0 saturated carbocycles. The van der Waals surface area contributed by atoms with Gasteiger partial charge in [-0.15, -0.1) is 10.2 Å². The summed E-state index contributed by atoms with van der Waals surface area (Å²) in [7, 11) is 1.91. The predicted molar refractivity (Wildman–Crippen MR) is 119 cm³/mol. The normalized spacial score (nSPS) is 11.7. The molecule has 0 spiro atoms. The molecule has 0 bridgehead atoms. The lowest BCUT2D eigenvalue weighted by molar-refractivity contribution is 0.0636. The molecular formula is C21H25N7OS. The zero-order valence-electron chi connectivity index (χ0n) is 17.7. The average molecular weight is 424 g/mol. The Morgan fingerprint density at radius 3 is 2.70 bits per heavy atom. The molecule has 0 saturated heterocycles. The largest absolute Gasteiger partial charge is 0.372 e. The van der Waals surface area contributed by atoms with Crippen molar-refractivity contribution >= 4 is 33.3 Å². The summed E-state index contributed by atoms with van der Waals surface area (Å²) in [6.07, 6.45) is 3.98. The first-order chi connectivity index (χ1) is 14.4. The third-order valence-corrected chi connectivity index (χ3v) is 5.62. The molecule has 4 aromatic rings. The van der Waals surface area contributed by atoms with E-state index < -0.39 is 0 Å². The molecule has 0 aromatic carbocycles. The summed E-state index contributed by atoms with van der Waals surface area (Å²) >= 11 is 1.54. The lowest BCUT2D eigenvalue weighted by Gasteiger charge is -2.08. The summed E-state index contributed by atoms with van der Waals surface area (Å²) in [5.41, 5.74) is 4.47. The van der Waals surface area contributed by atoms with E-state index in [2.05, 4.69) is 39.4 Å². The zero-order valence-corrected chi connectivity index (χ0v) is 18.6. The van der Waals surface area contributed by atoms with Crippen LogP contribution in [-0.2, 0) is 18.4 Å². The summed E-state index contributed by atoms with van der Waals surface area (Å²) in [4.78, 5) is 9.31.